The normalized spacial score (nSPS) is 12.4. The molecule has 0 aliphatic carbocycles. The number of benzene rings is 1. The first-order chi connectivity index (χ1) is 13.8. The summed E-state index contributed by atoms with van der Waals surface area (Å²) < 4.78 is 0. The van der Waals surface area contributed by atoms with Crippen LogP contribution in [-0.4, -0.2) is 23.0 Å². The van der Waals surface area contributed by atoms with Gasteiger partial charge in [0.05, 0.1) is 11.9 Å². The summed E-state index contributed by atoms with van der Waals surface area (Å²) in [4.78, 5) is 21.2. The molecule has 29 heavy (non-hydrogen) atoms. The summed E-state index contributed by atoms with van der Waals surface area (Å²) in [6, 6.07) is 10.1. The van der Waals surface area contributed by atoms with Gasteiger partial charge in [0.15, 0.2) is 6.19 Å². The van der Waals surface area contributed by atoms with Gasteiger partial charge < -0.3 is 10.6 Å². The molecule has 7 nitrogen and oxygen atoms in total. The predicted octanol–water partition coefficient (Wildman–Crippen LogP) is 3.93. The van der Waals surface area contributed by atoms with Crippen LogP contribution in [0.2, 0.25) is 5.02 Å². The van der Waals surface area contributed by atoms with Gasteiger partial charge in [-0.2, -0.15) is 5.26 Å². The highest BCUT2D eigenvalue weighted by Gasteiger charge is 2.23. The maximum absolute atomic E-state index is 12.7. The number of allylic oxidation sites excluding steroid dienone is 1. The van der Waals surface area contributed by atoms with Gasteiger partial charge in [0, 0.05) is 16.8 Å². The first kappa shape index (κ1) is 21.9. The third kappa shape index (κ3) is 7.28. The van der Waals surface area contributed by atoms with Crippen LogP contribution in [0.3, 0.4) is 0 Å². The van der Waals surface area contributed by atoms with E-state index >= 15 is 0 Å². The number of aliphatic imine (C=N–C) groups is 1. The summed E-state index contributed by atoms with van der Waals surface area (Å²) >= 11 is 5.89. The van der Waals surface area contributed by atoms with E-state index in [0.29, 0.717) is 22.7 Å². The second kappa shape index (κ2) is 10.2. The van der Waals surface area contributed by atoms with E-state index in [1.807, 2.05) is 20.0 Å². The van der Waals surface area contributed by atoms with Crippen LogP contribution in [-0.2, 0) is 0 Å². The van der Waals surface area contributed by atoms with Crippen molar-refractivity contribution in [2.45, 2.75) is 26.4 Å². The molecule has 1 aromatic carbocycles. The van der Waals surface area contributed by atoms with Crippen molar-refractivity contribution in [3.8, 4) is 6.19 Å². The second-order valence-corrected chi connectivity index (χ2v) is 7.41. The number of hydrogen-bond donors (Lipinski definition) is 3. The zero-order chi connectivity index (χ0) is 21.3. The molecule has 3 N–H and O–H groups in total. The lowest BCUT2D eigenvalue weighted by Crippen LogP contribution is -2.39. The molecule has 0 bridgehead atoms. The second-order valence-electron chi connectivity index (χ2n) is 6.97. The maximum Gasteiger partial charge on any atom is 0.252 e. The van der Waals surface area contributed by atoms with Crippen LogP contribution in [0, 0.1) is 16.9 Å². The lowest BCUT2D eigenvalue weighted by molar-refractivity contribution is 0.0931. The zero-order valence-electron chi connectivity index (χ0n) is 16.3. The van der Waals surface area contributed by atoms with E-state index in [1.165, 1.54) is 0 Å². The van der Waals surface area contributed by atoms with Crippen molar-refractivity contribution in [3.63, 3.8) is 0 Å². The molecule has 0 radical (unpaired) electrons. The fourth-order valence-corrected chi connectivity index (χ4v) is 2.55. The molecule has 1 aromatic heterocycles. The summed E-state index contributed by atoms with van der Waals surface area (Å²) in [5.74, 6) is -0.102. The average molecular weight is 411 g/mol. The molecule has 0 spiro atoms. The molecule has 1 heterocycles. The maximum atomic E-state index is 12.7. The van der Waals surface area contributed by atoms with E-state index in [1.54, 1.807) is 54.9 Å². The number of nitrogens with zero attached hydrogens (tertiary/aromatic N) is 3. The molecule has 0 aliphatic rings. The minimum Gasteiger partial charge on any atom is -0.330 e. The van der Waals surface area contributed by atoms with Crippen LogP contribution < -0.4 is 16.0 Å². The van der Waals surface area contributed by atoms with Crippen molar-refractivity contribution in [2.75, 3.05) is 5.32 Å². The van der Waals surface area contributed by atoms with Crippen LogP contribution >= 0.6 is 11.6 Å². The van der Waals surface area contributed by atoms with E-state index in [0.717, 1.165) is 0 Å². The van der Waals surface area contributed by atoms with Gasteiger partial charge in [-0.05, 0) is 48.2 Å². The molecule has 0 fully saturated rings. The van der Waals surface area contributed by atoms with Crippen LogP contribution in [0.15, 0.2) is 66.4 Å². The van der Waals surface area contributed by atoms with Crippen LogP contribution in [0.5, 0.6) is 0 Å². The molecular weight excluding hydrogens is 388 g/mol. The molecule has 0 aliphatic heterocycles. The lowest BCUT2D eigenvalue weighted by Gasteiger charge is -2.25. The third-order valence-corrected chi connectivity index (χ3v) is 4.31. The van der Waals surface area contributed by atoms with E-state index in [-0.39, 0.29) is 17.3 Å². The van der Waals surface area contributed by atoms with Gasteiger partial charge in [0.2, 0.25) is 5.96 Å². The molecule has 0 saturated heterocycles. The molecule has 1 amide bonds. The fourth-order valence-electron chi connectivity index (χ4n) is 2.42. The highest BCUT2D eigenvalue weighted by Crippen LogP contribution is 2.24. The van der Waals surface area contributed by atoms with E-state index in [9.17, 15) is 4.79 Å². The highest BCUT2D eigenvalue weighted by atomic mass is 35.5. The van der Waals surface area contributed by atoms with Crippen LogP contribution in [0.25, 0.3) is 0 Å². The first-order valence-corrected chi connectivity index (χ1v) is 9.31. The smallest absolute Gasteiger partial charge is 0.252 e. The minimum atomic E-state index is -0.619. The number of nitrogens with one attached hydrogen (secondary N) is 3. The molecule has 2 aromatic rings. The van der Waals surface area contributed by atoms with E-state index in [2.05, 4.69) is 32.5 Å². The molecule has 0 saturated carbocycles. The Kier molecular flexibility index (Phi) is 7.75. The van der Waals surface area contributed by atoms with Gasteiger partial charge in [-0.3, -0.25) is 15.1 Å². The van der Waals surface area contributed by atoms with E-state index in [4.69, 9.17) is 16.9 Å². The lowest BCUT2D eigenvalue weighted by atomic mass is 9.88. The number of guanidine groups is 1. The zero-order valence-corrected chi connectivity index (χ0v) is 17.1. The largest absolute Gasteiger partial charge is 0.330 e. The number of carbonyl (C=O) groups excluding carboxylic acids is 1. The number of pyridine rings is 1. The summed E-state index contributed by atoms with van der Waals surface area (Å²) in [5, 5.41) is 18.0. The van der Waals surface area contributed by atoms with Crippen molar-refractivity contribution >= 4 is 29.2 Å². The molecular formula is C21H23ClN6O. The van der Waals surface area contributed by atoms with Gasteiger partial charge in [0.25, 0.3) is 5.91 Å². The quantitative estimate of drug-likeness (QED) is 0.211. The third-order valence-electron chi connectivity index (χ3n) is 4.06. The van der Waals surface area contributed by atoms with Crippen LogP contribution in [0.1, 0.15) is 30.6 Å². The van der Waals surface area contributed by atoms with Gasteiger partial charge in [0.1, 0.15) is 6.17 Å². The molecule has 150 valence electrons. The Morgan fingerprint density at radius 1 is 1.38 bits per heavy atom. The SMILES string of the molecule is C=CC(C)(C)CC(N=C(NC#N)Nc1cccnc1)NC(=O)c1ccc(Cl)cc1. The molecule has 8 heteroatoms. The number of amides is 1. The number of rotatable bonds is 7. The van der Waals surface area contributed by atoms with Gasteiger partial charge in [-0.25, -0.2) is 4.99 Å². The number of aromatic nitrogens is 1. The van der Waals surface area contributed by atoms with Crippen molar-refractivity contribution in [1.29, 1.82) is 5.26 Å². The number of anilines is 1. The number of carbonyl (C=O) groups is 1. The van der Waals surface area contributed by atoms with Gasteiger partial charge in [-0.15, -0.1) is 6.58 Å². The predicted molar refractivity (Wildman–Crippen MR) is 115 cm³/mol. The first-order valence-electron chi connectivity index (χ1n) is 8.93. The van der Waals surface area contributed by atoms with Crippen molar-refractivity contribution in [3.05, 3.63) is 72.0 Å². The Bertz CT molecular complexity index is 903. The standard InChI is InChI=1S/C21H23ClN6O/c1-4-21(2,3)12-18(27-19(29)15-7-9-16(22)10-8-15)28-20(25-14-23)26-17-6-5-11-24-13-17/h4-11,13,18H,1,12H2,2-3H3,(H,27,29)(H2,25,26,28). The summed E-state index contributed by atoms with van der Waals surface area (Å²) in [6.07, 6.45) is 6.75. The number of halogens is 1. The summed E-state index contributed by atoms with van der Waals surface area (Å²) in [5.41, 5.74) is 0.814. The molecule has 1 unspecified atom stereocenters. The van der Waals surface area contributed by atoms with Crippen molar-refractivity contribution in [1.82, 2.24) is 15.6 Å². The molecule has 2 rings (SSSR count). The average Bonchev–Trinajstić information content (AvgIpc) is 2.69. The van der Waals surface area contributed by atoms with E-state index < -0.39 is 6.17 Å². The molecule has 1 atom stereocenters. The summed E-state index contributed by atoms with van der Waals surface area (Å²) in [6.45, 7) is 7.83. The van der Waals surface area contributed by atoms with Crippen LogP contribution in [0.4, 0.5) is 5.69 Å². The number of hydrogen-bond acceptors (Lipinski definition) is 4. The van der Waals surface area contributed by atoms with Gasteiger partial charge in [-0.1, -0.05) is 31.5 Å². The Morgan fingerprint density at radius 2 is 2.10 bits per heavy atom. The fraction of sp³-hybridized carbons (Fsp3) is 0.238. The Hall–Kier alpha value is -3.37. The van der Waals surface area contributed by atoms with Crippen molar-refractivity contribution in [2.24, 2.45) is 10.4 Å². The van der Waals surface area contributed by atoms with Crippen molar-refractivity contribution < 1.29 is 4.79 Å². The van der Waals surface area contributed by atoms with Gasteiger partial charge >= 0.3 is 0 Å². The Morgan fingerprint density at radius 3 is 2.69 bits per heavy atom. The Balaban J connectivity index is 2.27. The minimum absolute atomic E-state index is 0.196. The highest BCUT2D eigenvalue weighted by molar-refractivity contribution is 6.30. The number of nitriles is 1. The Labute approximate surface area is 175 Å². The summed E-state index contributed by atoms with van der Waals surface area (Å²) in [7, 11) is 0. The topological polar surface area (TPSA) is 102 Å². The monoisotopic (exact) mass is 410 g/mol.